The van der Waals surface area contributed by atoms with Crippen molar-refractivity contribution in [1.29, 1.82) is 0 Å². The standard InChI is InChI=1S/C33H40F3N3O3/c1-4-41-19-20-42-31(40)21-30-24-38(17-18-39(30)23-26-13-15-37-16-14-26)22-25-5-7-27(8-6-25)28-9-11-29(12-10-28)32(2,3)33(34,35)36/h5-16,30H,4,17-24H2,1-3H3/t30-/m0/s1. The lowest BCUT2D eigenvalue weighted by Gasteiger charge is -2.41. The first-order valence-corrected chi connectivity index (χ1v) is 14.4. The Morgan fingerprint density at radius 2 is 1.50 bits per heavy atom. The van der Waals surface area contributed by atoms with Crippen molar-refractivity contribution in [1.82, 2.24) is 14.8 Å². The highest BCUT2D eigenvalue weighted by Gasteiger charge is 2.48. The normalized spacial score (nSPS) is 16.9. The molecule has 0 N–H and O–H groups in total. The molecule has 2 heterocycles. The van der Waals surface area contributed by atoms with Crippen LogP contribution < -0.4 is 0 Å². The lowest BCUT2D eigenvalue weighted by atomic mass is 9.83. The van der Waals surface area contributed by atoms with E-state index in [1.54, 1.807) is 36.7 Å². The zero-order valence-corrected chi connectivity index (χ0v) is 24.6. The maximum Gasteiger partial charge on any atom is 0.397 e. The predicted molar refractivity (Wildman–Crippen MR) is 157 cm³/mol. The van der Waals surface area contributed by atoms with Crippen LogP contribution in [-0.4, -0.2) is 72.4 Å². The maximum atomic E-state index is 13.4. The Morgan fingerprint density at radius 1 is 0.881 bits per heavy atom. The first-order valence-electron chi connectivity index (χ1n) is 14.4. The predicted octanol–water partition coefficient (Wildman–Crippen LogP) is 6.24. The van der Waals surface area contributed by atoms with Gasteiger partial charge in [-0.2, -0.15) is 13.2 Å². The molecule has 226 valence electrons. The molecule has 3 aromatic rings. The highest BCUT2D eigenvalue weighted by Crippen LogP contribution is 2.40. The fraction of sp³-hybridized carbons (Fsp3) is 0.455. The molecule has 0 spiro atoms. The first kappa shape index (κ1) is 31.7. The lowest BCUT2D eigenvalue weighted by Crippen LogP contribution is -2.53. The van der Waals surface area contributed by atoms with Crippen molar-refractivity contribution in [2.75, 3.05) is 39.5 Å². The van der Waals surface area contributed by atoms with Crippen molar-refractivity contribution in [3.63, 3.8) is 0 Å². The molecule has 6 nitrogen and oxygen atoms in total. The molecule has 0 aliphatic carbocycles. The van der Waals surface area contributed by atoms with Gasteiger partial charge in [-0.15, -0.1) is 0 Å². The molecule has 0 radical (unpaired) electrons. The van der Waals surface area contributed by atoms with E-state index in [1.165, 1.54) is 13.8 Å². The average Bonchev–Trinajstić information content (AvgIpc) is 2.97. The number of esters is 1. The van der Waals surface area contributed by atoms with E-state index in [9.17, 15) is 18.0 Å². The van der Waals surface area contributed by atoms with E-state index in [0.717, 1.165) is 55.0 Å². The molecule has 2 aromatic carbocycles. The summed E-state index contributed by atoms with van der Waals surface area (Å²) in [4.78, 5) is 21.4. The van der Waals surface area contributed by atoms with Gasteiger partial charge in [0.1, 0.15) is 6.61 Å². The van der Waals surface area contributed by atoms with Crippen molar-refractivity contribution in [3.8, 4) is 11.1 Å². The summed E-state index contributed by atoms with van der Waals surface area (Å²) in [7, 11) is 0. The maximum absolute atomic E-state index is 13.4. The summed E-state index contributed by atoms with van der Waals surface area (Å²) in [6, 6.07) is 18.7. The minimum absolute atomic E-state index is 0.00486. The largest absolute Gasteiger partial charge is 0.463 e. The van der Waals surface area contributed by atoms with Crippen LogP contribution in [0.25, 0.3) is 11.1 Å². The number of benzene rings is 2. The molecule has 42 heavy (non-hydrogen) atoms. The molecule has 9 heteroatoms. The Bertz CT molecular complexity index is 1270. The number of nitrogens with zero attached hydrogens (tertiary/aromatic N) is 3. The van der Waals surface area contributed by atoms with E-state index < -0.39 is 11.6 Å². The van der Waals surface area contributed by atoms with Gasteiger partial charge in [-0.25, -0.2) is 0 Å². The molecule has 1 fully saturated rings. The molecular formula is C33H40F3N3O3. The summed E-state index contributed by atoms with van der Waals surface area (Å²) in [5.74, 6) is -0.227. The molecule has 1 atom stereocenters. The number of ether oxygens (including phenoxy) is 2. The quantitative estimate of drug-likeness (QED) is 0.186. The average molecular weight is 584 g/mol. The number of aromatic nitrogens is 1. The van der Waals surface area contributed by atoms with E-state index in [2.05, 4.69) is 26.9 Å². The summed E-state index contributed by atoms with van der Waals surface area (Å²) in [5.41, 5.74) is 2.44. The number of pyridine rings is 1. The van der Waals surface area contributed by atoms with Crippen LogP contribution >= 0.6 is 0 Å². The third-order valence-corrected chi connectivity index (χ3v) is 7.93. The summed E-state index contributed by atoms with van der Waals surface area (Å²) < 4.78 is 51.0. The van der Waals surface area contributed by atoms with Crippen LogP contribution in [0.15, 0.2) is 73.1 Å². The second-order valence-corrected chi connectivity index (χ2v) is 11.2. The van der Waals surface area contributed by atoms with Gasteiger partial charge in [0, 0.05) is 57.8 Å². The van der Waals surface area contributed by atoms with Crippen LogP contribution in [0.5, 0.6) is 0 Å². The van der Waals surface area contributed by atoms with Crippen LogP contribution in [0.3, 0.4) is 0 Å². The van der Waals surface area contributed by atoms with Crippen molar-refractivity contribution in [3.05, 3.63) is 89.7 Å². The minimum atomic E-state index is -4.32. The summed E-state index contributed by atoms with van der Waals surface area (Å²) >= 11 is 0. The van der Waals surface area contributed by atoms with Gasteiger partial charge in [-0.05, 0) is 60.7 Å². The lowest BCUT2D eigenvalue weighted by molar-refractivity contribution is -0.180. The van der Waals surface area contributed by atoms with Crippen molar-refractivity contribution in [2.45, 2.75) is 57.9 Å². The molecule has 1 saturated heterocycles. The van der Waals surface area contributed by atoms with Gasteiger partial charge in [0.15, 0.2) is 0 Å². The van der Waals surface area contributed by atoms with Gasteiger partial charge < -0.3 is 9.47 Å². The Morgan fingerprint density at radius 3 is 2.12 bits per heavy atom. The van der Waals surface area contributed by atoms with Gasteiger partial charge in [-0.1, -0.05) is 48.5 Å². The zero-order chi connectivity index (χ0) is 30.2. The van der Waals surface area contributed by atoms with E-state index in [1.807, 2.05) is 31.2 Å². The van der Waals surface area contributed by atoms with Crippen molar-refractivity contribution in [2.24, 2.45) is 0 Å². The molecule has 1 aromatic heterocycles. The summed E-state index contributed by atoms with van der Waals surface area (Å²) in [6.45, 7) is 9.41. The van der Waals surface area contributed by atoms with Crippen LogP contribution in [0, 0.1) is 0 Å². The number of hydrogen-bond acceptors (Lipinski definition) is 6. The number of carbonyl (C=O) groups is 1. The SMILES string of the molecule is CCOCCOC(=O)C[C@H]1CN(Cc2ccc(-c3ccc(C(C)(C)C(F)(F)F)cc3)cc2)CCN1Cc1ccncc1. The van der Waals surface area contributed by atoms with Crippen LogP contribution in [0.1, 0.15) is 43.9 Å². The topological polar surface area (TPSA) is 54.9 Å². The molecule has 1 aliphatic heterocycles. The van der Waals surface area contributed by atoms with Gasteiger partial charge >= 0.3 is 12.1 Å². The number of hydrogen-bond donors (Lipinski definition) is 0. The summed E-state index contributed by atoms with van der Waals surface area (Å²) in [6.07, 6.45) is -0.453. The van der Waals surface area contributed by atoms with Gasteiger partial charge in [0.2, 0.25) is 0 Å². The number of piperazine rings is 1. The smallest absolute Gasteiger partial charge is 0.397 e. The molecule has 0 unspecified atom stereocenters. The van der Waals surface area contributed by atoms with Gasteiger partial charge in [0.25, 0.3) is 0 Å². The van der Waals surface area contributed by atoms with E-state index >= 15 is 0 Å². The molecule has 4 rings (SSSR count). The number of carbonyl (C=O) groups excluding carboxylic acids is 1. The zero-order valence-electron chi connectivity index (χ0n) is 24.6. The van der Waals surface area contributed by atoms with Crippen LogP contribution in [0.2, 0.25) is 0 Å². The second-order valence-electron chi connectivity index (χ2n) is 11.2. The van der Waals surface area contributed by atoms with E-state index in [0.29, 0.717) is 19.6 Å². The van der Waals surface area contributed by atoms with E-state index in [-0.39, 0.29) is 24.2 Å². The molecule has 0 amide bonds. The highest BCUT2D eigenvalue weighted by molar-refractivity contribution is 5.70. The minimum Gasteiger partial charge on any atom is -0.463 e. The van der Waals surface area contributed by atoms with E-state index in [4.69, 9.17) is 9.47 Å². The number of alkyl halides is 3. The molecule has 1 aliphatic rings. The molecule has 0 saturated carbocycles. The fourth-order valence-electron chi connectivity index (χ4n) is 5.14. The number of halogens is 3. The second kappa shape index (κ2) is 14.3. The van der Waals surface area contributed by atoms with Crippen molar-refractivity contribution >= 4 is 5.97 Å². The summed E-state index contributed by atoms with van der Waals surface area (Å²) in [5, 5.41) is 0. The van der Waals surface area contributed by atoms with Crippen LogP contribution in [-0.2, 0) is 32.8 Å². The van der Waals surface area contributed by atoms with Gasteiger partial charge in [0.05, 0.1) is 18.4 Å². The third kappa shape index (κ3) is 8.40. The first-order chi connectivity index (χ1) is 20.1. The van der Waals surface area contributed by atoms with Crippen LogP contribution in [0.4, 0.5) is 13.2 Å². The number of rotatable bonds is 12. The van der Waals surface area contributed by atoms with Crippen molar-refractivity contribution < 1.29 is 27.4 Å². The monoisotopic (exact) mass is 583 g/mol. The molecular weight excluding hydrogens is 543 g/mol. The fourth-order valence-corrected chi connectivity index (χ4v) is 5.14. The third-order valence-electron chi connectivity index (χ3n) is 7.93. The highest BCUT2D eigenvalue weighted by atomic mass is 19.4. The Kier molecular flexibility index (Phi) is 10.8. The Hall–Kier alpha value is -3.27. The Labute approximate surface area is 246 Å². The molecule has 0 bridgehead atoms. The Balaban J connectivity index is 1.39. The van der Waals surface area contributed by atoms with Gasteiger partial charge in [-0.3, -0.25) is 19.6 Å².